The minimum atomic E-state index is -4.69. The van der Waals surface area contributed by atoms with E-state index in [1.807, 2.05) is 0 Å². The Morgan fingerprint density at radius 1 is 1.15 bits per heavy atom. The average molecular weight is 466 g/mol. The van der Waals surface area contributed by atoms with Crippen molar-refractivity contribution in [2.24, 2.45) is 0 Å². The van der Waals surface area contributed by atoms with Gasteiger partial charge in [0.05, 0.1) is 11.9 Å². The van der Waals surface area contributed by atoms with Gasteiger partial charge in [-0.15, -0.1) is 5.10 Å². The first-order valence-corrected chi connectivity index (χ1v) is 10.3. The Balaban J connectivity index is 1.66. The Kier molecular flexibility index (Phi) is 7.63. The number of hydrogen-bond donors (Lipinski definition) is 3. The summed E-state index contributed by atoms with van der Waals surface area (Å²) in [5, 5.41) is 15.3. The van der Waals surface area contributed by atoms with Crippen molar-refractivity contribution in [3.05, 3.63) is 41.3 Å². The summed E-state index contributed by atoms with van der Waals surface area (Å²) >= 11 is 0. The van der Waals surface area contributed by atoms with E-state index in [1.54, 1.807) is 24.1 Å². The second-order valence-electron chi connectivity index (χ2n) is 7.34. The lowest BCUT2D eigenvalue weighted by Crippen LogP contribution is -2.46. The number of urea groups is 1. The highest BCUT2D eigenvalue weighted by molar-refractivity contribution is 5.92. The summed E-state index contributed by atoms with van der Waals surface area (Å²) in [4.78, 5) is 30.6. The lowest BCUT2D eigenvalue weighted by molar-refractivity contribution is -0.140. The maximum atomic E-state index is 13.6. The summed E-state index contributed by atoms with van der Waals surface area (Å²) in [7, 11) is 1.34. The van der Waals surface area contributed by atoms with E-state index >= 15 is 0 Å². The van der Waals surface area contributed by atoms with E-state index in [1.165, 1.54) is 19.2 Å². The highest BCUT2D eigenvalue weighted by Crippen LogP contribution is 2.35. The number of hydrogen-bond acceptors (Lipinski definition) is 7. The highest BCUT2D eigenvalue weighted by Gasteiger charge is 2.38. The molecule has 1 saturated heterocycles. The summed E-state index contributed by atoms with van der Waals surface area (Å²) in [5.41, 5.74) is -0.586. The highest BCUT2D eigenvalue weighted by atomic mass is 19.4. The van der Waals surface area contributed by atoms with Gasteiger partial charge in [-0.2, -0.15) is 18.3 Å². The number of nitrogens with one attached hydrogen (secondary N) is 3. The normalized spacial score (nSPS) is 14.6. The number of amides is 3. The molecule has 0 atom stereocenters. The molecule has 3 heterocycles. The first kappa shape index (κ1) is 24.2. The molecule has 1 fully saturated rings. The number of aromatic nitrogens is 3. The maximum Gasteiger partial charge on any atom is 0.435 e. The van der Waals surface area contributed by atoms with Gasteiger partial charge >= 0.3 is 12.2 Å². The Morgan fingerprint density at radius 2 is 1.88 bits per heavy atom. The molecule has 2 aromatic heterocycles. The molecule has 2 aromatic rings. The molecule has 0 spiro atoms. The number of piperazine rings is 1. The van der Waals surface area contributed by atoms with Crippen LogP contribution in [-0.4, -0.2) is 71.8 Å². The zero-order valence-corrected chi connectivity index (χ0v) is 18.2. The van der Waals surface area contributed by atoms with Crippen LogP contribution in [-0.2, 0) is 12.7 Å². The quantitative estimate of drug-likeness (QED) is 0.594. The number of halogens is 3. The van der Waals surface area contributed by atoms with E-state index in [9.17, 15) is 22.8 Å². The largest absolute Gasteiger partial charge is 0.435 e. The minimum absolute atomic E-state index is 0.0474. The summed E-state index contributed by atoms with van der Waals surface area (Å²) in [6.45, 7) is 4.51. The molecule has 0 aliphatic carbocycles. The van der Waals surface area contributed by atoms with E-state index in [0.717, 1.165) is 5.56 Å². The van der Waals surface area contributed by atoms with Crippen molar-refractivity contribution in [3.63, 3.8) is 0 Å². The fourth-order valence-electron chi connectivity index (χ4n) is 3.45. The third kappa shape index (κ3) is 6.28. The van der Waals surface area contributed by atoms with Crippen LogP contribution in [0.25, 0.3) is 0 Å². The van der Waals surface area contributed by atoms with Gasteiger partial charge in [-0.3, -0.25) is 15.0 Å². The number of rotatable bonds is 6. The van der Waals surface area contributed by atoms with Gasteiger partial charge in [-0.1, -0.05) is 0 Å². The smallest absolute Gasteiger partial charge is 0.367 e. The van der Waals surface area contributed by atoms with Crippen LogP contribution < -0.4 is 20.9 Å². The summed E-state index contributed by atoms with van der Waals surface area (Å²) < 4.78 is 40.8. The first-order chi connectivity index (χ1) is 15.7. The van der Waals surface area contributed by atoms with Crippen molar-refractivity contribution in [2.45, 2.75) is 19.6 Å². The van der Waals surface area contributed by atoms with E-state index in [2.05, 4.69) is 36.0 Å². The molecular formula is C20H25F3N8O2. The number of nitrogens with zero attached hydrogens (tertiary/aromatic N) is 5. The Bertz CT molecular complexity index is 994. The molecule has 3 amide bonds. The lowest BCUT2D eigenvalue weighted by atomic mass is 10.2. The van der Waals surface area contributed by atoms with Gasteiger partial charge < -0.3 is 15.5 Å². The first-order valence-electron chi connectivity index (χ1n) is 10.3. The molecule has 1 aliphatic rings. The van der Waals surface area contributed by atoms with Gasteiger partial charge in [0.15, 0.2) is 11.5 Å². The van der Waals surface area contributed by atoms with Crippen molar-refractivity contribution in [1.29, 1.82) is 0 Å². The molecule has 0 radical (unpaired) electrons. The number of carbonyl (C=O) groups excluding carboxylic acids is 2. The number of carbonyl (C=O) groups is 2. The molecule has 0 bridgehead atoms. The molecule has 33 heavy (non-hydrogen) atoms. The van der Waals surface area contributed by atoms with Crippen LogP contribution >= 0.6 is 0 Å². The summed E-state index contributed by atoms with van der Waals surface area (Å²) in [5.74, 6) is -0.363. The Hall–Kier alpha value is -3.48. The molecule has 3 rings (SSSR count). The fraction of sp³-hybridized carbons (Fsp3) is 0.450. The lowest BCUT2D eigenvalue weighted by Gasteiger charge is -2.36. The standard InChI is InChI=1S/C20H25F3N8O2/c1-3-25-19(33)28-16-10-13(11-26-29-16)12-30-6-8-31(9-7-30)15-5-4-14(18(32)24-2)27-17(15)20(21,22)23/h4-5,10-11H,3,6-9,12H2,1-2H3,(H,24,32)(H2,25,28,29,33). The van der Waals surface area contributed by atoms with Gasteiger partial charge in [0, 0.05) is 46.3 Å². The predicted octanol–water partition coefficient (Wildman–Crippen LogP) is 1.71. The molecule has 1 aliphatic heterocycles. The third-order valence-electron chi connectivity index (χ3n) is 5.01. The van der Waals surface area contributed by atoms with E-state index in [-0.39, 0.29) is 17.4 Å². The molecule has 10 nitrogen and oxygen atoms in total. The summed E-state index contributed by atoms with van der Waals surface area (Å²) in [6, 6.07) is 3.91. The number of alkyl halides is 3. The van der Waals surface area contributed by atoms with Crippen LogP contribution in [0.4, 0.5) is 29.5 Å². The molecule has 13 heteroatoms. The van der Waals surface area contributed by atoms with Crippen molar-refractivity contribution >= 4 is 23.4 Å². The van der Waals surface area contributed by atoms with Gasteiger partial charge in [0.1, 0.15) is 5.69 Å². The van der Waals surface area contributed by atoms with Crippen molar-refractivity contribution in [2.75, 3.05) is 50.0 Å². The molecule has 0 aromatic carbocycles. The Morgan fingerprint density at radius 3 is 2.52 bits per heavy atom. The van der Waals surface area contributed by atoms with Crippen molar-refractivity contribution < 1.29 is 22.8 Å². The molecular weight excluding hydrogens is 441 g/mol. The fourth-order valence-corrected chi connectivity index (χ4v) is 3.45. The number of pyridine rings is 1. The molecule has 178 valence electrons. The number of anilines is 2. The van der Waals surface area contributed by atoms with Gasteiger partial charge in [-0.25, -0.2) is 9.78 Å². The second kappa shape index (κ2) is 10.4. The SMILES string of the molecule is CCNC(=O)Nc1cc(CN2CCN(c3ccc(C(=O)NC)nc3C(F)(F)F)CC2)cnn1. The van der Waals surface area contributed by atoms with Crippen molar-refractivity contribution in [1.82, 2.24) is 30.7 Å². The van der Waals surface area contributed by atoms with Crippen LogP contribution in [0.5, 0.6) is 0 Å². The minimum Gasteiger partial charge on any atom is -0.367 e. The summed E-state index contributed by atoms with van der Waals surface area (Å²) in [6.07, 6.45) is -3.11. The van der Waals surface area contributed by atoms with Crippen LogP contribution in [0.2, 0.25) is 0 Å². The third-order valence-corrected chi connectivity index (χ3v) is 5.01. The van der Waals surface area contributed by atoms with Crippen LogP contribution in [0.1, 0.15) is 28.7 Å². The second-order valence-corrected chi connectivity index (χ2v) is 7.34. The molecule has 3 N–H and O–H groups in total. The zero-order chi connectivity index (χ0) is 24.0. The van der Waals surface area contributed by atoms with E-state index in [4.69, 9.17) is 0 Å². The Labute approximate surface area is 188 Å². The molecule has 0 saturated carbocycles. The monoisotopic (exact) mass is 466 g/mol. The van der Waals surface area contributed by atoms with Crippen LogP contribution in [0.15, 0.2) is 24.4 Å². The van der Waals surface area contributed by atoms with Crippen LogP contribution in [0.3, 0.4) is 0 Å². The molecule has 0 unspecified atom stereocenters. The zero-order valence-electron chi connectivity index (χ0n) is 18.2. The predicted molar refractivity (Wildman–Crippen MR) is 115 cm³/mol. The van der Waals surface area contributed by atoms with Gasteiger partial charge in [0.2, 0.25) is 0 Å². The topological polar surface area (TPSA) is 115 Å². The van der Waals surface area contributed by atoms with Gasteiger partial charge in [0.25, 0.3) is 5.91 Å². The van der Waals surface area contributed by atoms with E-state index < -0.39 is 17.8 Å². The average Bonchev–Trinajstić information content (AvgIpc) is 2.78. The van der Waals surface area contributed by atoms with Crippen LogP contribution in [0, 0.1) is 0 Å². The maximum absolute atomic E-state index is 13.6. The van der Waals surface area contributed by atoms with E-state index in [0.29, 0.717) is 45.1 Å². The van der Waals surface area contributed by atoms with Gasteiger partial charge in [-0.05, 0) is 30.7 Å². The van der Waals surface area contributed by atoms with Crippen molar-refractivity contribution in [3.8, 4) is 0 Å².